The van der Waals surface area contributed by atoms with Crippen LogP contribution in [0, 0.1) is 18.8 Å². The highest BCUT2D eigenvalue weighted by Crippen LogP contribution is 2.28. The van der Waals surface area contributed by atoms with Gasteiger partial charge in [0.15, 0.2) is 5.16 Å². The van der Waals surface area contributed by atoms with Crippen LogP contribution in [0.3, 0.4) is 0 Å². The van der Waals surface area contributed by atoms with E-state index in [1.165, 1.54) is 17.3 Å². The van der Waals surface area contributed by atoms with Crippen molar-refractivity contribution in [1.29, 1.82) is 0 Å². The molecule has 3 heterocycles. The van der Waals surface area contributed by atoms with E-state index >= 15 is 0 Å². The van der Waals surface area contributed by atoms with Crippen molar-refractivity contribution >= 4 is 17.7 Å². The first-order valence-electron chi connectivity index (χ1n) is 9.64. The van der Waals surface area contributed by atoms with Gasteiger partial charge in [0.25, 0.3) is 5.56 Å². The third-order valence-electron chi connectivity index (χ3n) is 5.64. The fourth-order valence-corrected chi connectivity index (χ4v) is 5.05. The molecule has 1 amide bonds. The predicted molar refractivity (Wildman–Crippen MR) is 107 cm³/mol. The molecule has 0 saturated carbocycles. The highest BCUT2D eigenvalue weighted by molar-refractivity contribution is 7.99. The van der Waals surface area contributed by atoms with Crippen molar-refractivity contribution in [1.82, 2.24) is 14.5 Å². The molecule has 0 N–H and O–H groups in total. The van der Waals surface area contributed by atoms with Gasteiger partial charge in [-0.1, -0.05) is 42.1 Å². The van der Waals surface area contributed by atoms with E-state index < -0.39 is 0 Å². The van der Waals surface area contributed by atoms with Crippen LogP contribution in [0.5, 0.6) is 0 Å². The van der Waals surface area contributed by atoms with Gasteiger partial charge < -0.3 is 4.90 Å². The normalized spacial score (nSPS) is 20.3. The van der Waals surface area contributed by atoms with E-state index in [0.717, 1.165) is 37.5 Å². The van der Waals surface area contributed by atoms with Gasteiger partial charge in [-0.2, -0.15) is 0 Å². The SMILES string of the molecule is Cc1cnc2n(c1=O)C[C@H](C(=O)N1CCC(Cc3ccccc3)CC1)CS2. The maximum absolute atomic E-state index is 13.0. The lowest BCUT2D eigenvalue weighted by Gasteiger charge is -2.35. The summed E-state index contributed by atoms with van der Waals surface area (Å²) in [4.78, 5) is 31.7. The molecule has 5 nitrogen and oxygen atoms in total. The van der Waals surface area contributed by atoms with Crippen LogP contribution in [0.25, 0.3) is 0 Å². The predicted octanol–water partition coefficient (Wildman–Crippen LogP) is 2.75. The number of hydrogen-bond donors (Lipinski definition) is 0. The molecule has 142 valence electrons. The third kappa shape index (κ3) is 3.95. The summed E-state index contributed by atoms with van der Waals surface area (Å²) in [6.07, 6.45) is 4.83. The molecule has 4 rings (SSSR count). The minimum Gasteiger partial charge on any atom is -0.342 e. The first kappa shape index (κ1) is 18.3. The van der Waals surface area contributed by atoms with Crippen molar-refractivity contribution in [2.45, 2.75) is 37.9 Å². The van der Waals surface area contributed by atoms with Crippen LogP contribution in [-0.4, -0.2) is 39.2 Å². The molecular formula is C21H25N3O2S. The minimum absolute atomic E-state index is 0.0217. The van der Waals surface area contributed by atoms with Crippen LogP contribution in [0.15, 0.2) is 46.5 Å². The molecule has 6 heteroatoms. The van der Waals surface area contributed by atoms with E-state index in [9.17, 15) is 9.59 Å². The van der Waals surface area contributed by atoms with Gasteiger partial charge in [0.05, 0.1) is 5.92 Å². The molecule has 1 aromatic carbocycles. The number of likely N-dealkylation sites (tertiary alicyclic amines) is 1. The van der Waals surface area contributed by atoms with E-state index in [1.54, 1.807) is 17.7 Å². The largest absolute Gasteiger partial charge is 0.342 e. The molecule has 1 aromatic heterocycles. The van der Waals surface area contributed by atoms with Gasteiger partial charge in [-0.25, -0.2) is 4.98 Å². The first-order valence-corrected chi connectivity index (χ1v) is 10.6. The number of carbonyl (C=O) groups is 1. The third-order valence-corrected chi connectivity index (χ3v) is 6.79. The van der Waals surface area contributed by atoms with E-state index in [-0.39, 0.29) is 17.4 Å². The fourth-order valence-electron chi connectivity index (χ4n) is 4.01. The fraction of sp³-hybridized carbons (Fsp3) is 0.476. The second-order valence-electron chi connectivity index (χ2n) is 7.61. The molecule has 0 spiro atoms. The molecule has 2 aliphatic rings. The van der Waals surface area contributed by atoms with Crippen molar-refractivity contribution in [3.63, 3.8) is 0 Å². The summed E-state index contributed by atoms with van der Waals surface area (Å²) < 4.78 is 1.67. The summed E-state index contributed by atoms with van der Waals surface area (Å²) in [5.74, 6) is 1.42. The van der Waals surface area contributed by atoms with Gasteiger partial charge in [-0.3, -0.25) is 14.2 Å². The quantitative estimate of drug-likeness (QED) is 0.765. The van der Waals surface area contributed by atoms with Crippen LogP contribution in [0.1, 0.15) is 24.0 Å². The standard InChI is InChI=1S/C21H25N3O2S/c1-15-12-22-21-24(19(15)25)13-18(14-27-21)20(26)23-9-7-17(8-10-23)11-16-5-3-2-4-6-16/h2-6,12,17-18H,7-11,13-14H2,1H3/t18-/m0/s1. The van der Waals surface area contributed by atoms with Crippen molar-refractivity contribution in [3.05, 3.63) is 58.0 Å². The smallest absolute Gasteiger partial charge is 0.257 e. The molecule has 0 bridgehead atoms. The van der Waals surface area contributed by atoms with Crippen LogP contribution < -0.4 is 5.56 Å². The summed E-state index contributed by atoms with van der Waals surface area (Å²) in [5.41, 5.74) is 1.99. The zero-order chi connectivity index (χ0) is 18.8. The number of fused-ring (bicyclic) bond motifs is 1. The zero-order valence-electron chi connectivity index (χ0n) is 15.6. The van der Waals surface area contributed by atoms with Crippen molar-refractivity contribution in [3.8, 4) is 0 Å². The Labute approximate surface area is 163 Å². The number of carbonyl (C=O) groups excluding carboxylic acids is 1. The monoisotopic (exact) mass is 383 g/mol. The Kier molecular flexibility index (Phi) is 5.34. The molecule has 1 saturated heterocycles. The topological polar surface area (TPSA) is 55.2 Å². The van der Waals surface area contributed by atoms with Gasteiger partial charge in [-0.05, 0) is 37.7 Å². The summed E-state index contributed by atoms with van der Waals surface area (Å²) in [6, 6.07) is 10.6. The van der Waals surface area contributed by atoms with E-state index in [0.29, 0.717) is 23.8 Å². The maximum atomic E-state index is 13.0. The van der Waals surface area contributed by atoms with Gasteiger partial charge in [0.2, 0.25) is 5.91 Å². The van der Waals surface area contributed by atoms with Crippen LogP contribution >= 0.6 is 11.8 Å². The lowest BCUT2D eigenvalue weighted by atomic mass is 9.90. The van der Waals surface area contributed by atoms with E-state index in [2.05, 4.69) is 29.2 Å². The summed E-state index contributed by atoms with van der Waals surface area (Å²) >= 11 is 1.52. The van der Waals surface area contributed by atoms with Crippen molar-refractivity contribution < 1.29 is 4.79 Å². The molecular weight excluding hydrogens is 358 g/mol. The molecule has 2 aliphatic heterocycles. The molecule has 0 radical (unpaired) electrons. The minimum atomic E-state index is -0.130. The number of benzene rings is 1. The van der Waals surface area contributed by atoms with E-state index in [4.69, 9.17) is 0 Å². The zero-order valence-corrected chi connectivity index (χ0v) is 16.5. The Morgan fingerprint density at radius 1 is 1.22 bits per heavy atom. The van der Waals surface area contributed by atoms with E-state index in [1.807, 2.05) is 11.0 Å². The van der Waals surface area contributed by atoms with Gasteiger partial charge in [0, 0.05) is 37.1 Å². The molecule has 0 unspecified atom stereocenters. The van der Waals surface area contributed by atoms with Gasteiger partial charge in [0.1, 0.15) is 0 Å². The number of nitrogens with zero attached hydrogens (tertiary/aromatic N) is 3. The number of hydrogen-bond acceptors (Lipinski definition) is 4. The molecule has 2 aromatic rings. The Hall–Kier alpha value is -2.08. The Morgan fingerprint density at radius 2 is 1.96 bits per heavy atom. The van der Waals surface area contributed by atoms with Crippen molar-refractivity contribution in [2.24, 2.45) is 11.8 Å². The number of aryl methyl sites for hydroxylation is 1. The van der Waals surface area contributed by atoms with Crippen LogP contribution in [0.4, 0.5) is 0 Å². The summed E-state index contributed by atoms with van der Waals surface area (Å²) in [6.45, 7) is 3.88. The molecule has 0 aliphatic carbocycles. The van der Waals surface area contributed by atoms with Crippen molar-refractivity contribution in [2.75, 3.05) is 18.8 Å². The average molecular weight is 384 g/mol. The Bertz CT molecular complexity index is 873. The lowest BCUT2D eigenvalue weighted by Crippen LogP contribution is -2.46. The maximum Gasteiger partial charge on any atom is 0.257 e. The van der Waals surface area contributed by atoms with Crippen LogP contribution in [0.2, 0.25) is 0 Å². The summed E-state index contributed by atoms with van der Waals surface area (Å²) in [5, 5.41) is 0.733. The lowest BCUT2D eigenvalue weighted by molar-refractivity contribution is -0.136. The number of thioether (sulfide) groups is 1. The summed E-state index contributed by atoms with van der Waals surface area (Å²) in [7, 11) is 0. The van der Waals surface area contributed by atoms with Crippen LogP contribution in [-0.2, 0) is 17.8 Å². The van der Waals surface area contributed by atoms with Gasteiger partial charge in [-0.15, -0.1) is 0 Å². The number of rotatable bonds is 3. The molecule has 27 heavy (non-hydrogen) atoms. The van der Waals surface area contributed by atoms with Gasteiger partial charge >= 0.3 is 0 Å². The highest BCUT2D eigenvalue weighted by atomic mass is 32.2. The number of aromatic nitrogens is 2. The highest BCUT2D eigenvalue weighted by Gasteiger charge is 2.32. The molecule has 1 fully saturated rings. The second kappa shape index (κ2) is 7.89. The number of piperidine rings is 1. The Balaban J connectivity index is 1.36. The Morgan fingerprint density at radius 3 is 2.70 bits per heavy atom. The molecule has 1 atom stereocenters. The first-order chi connectivity index (χ1) is 13.1. The average Bonchev–Trinajstić information content (AvgIpc) is 2.71. The number of amides is 1. The second-order valence-corrected chi connectivity index (χ2v) is 8.59.